The van der Waals surface area contributed by atoms with Crippen LogP contribution < -0.4 is 0 Å². The first-order valence-electron chi connectivity index (χ1n) is 9.44. The number of sulfonamides is 1. The Labute approximate surface area is 177 Å². The Morgan fingerprint density at radius 1 is 0.600 bits per heavy atom. The van der Waals surface area contributed by atoms with E-state index in [1.54, 1.807) is 36.4 Å². The van der Waals surface area contributed by atoms with Crippen molar-refractivity contribution < 1.29 is 12.6 Å². The van der Waals surface area contributed by atoms with Gasteiger partial charge in [-0.25, -0.2) is 4.21 Å². The van der Waals surface area contributed by atoms with Crippen LogP contribution in [-0.4, -0.2) is 12.6 Å². The highest BCUT2D eigenvalue weighted by atomic mass is 32.3. The number of fused-ring (bicyclic) bond motifs is 1. The molecule has 0 aromatic heterocycles. The summed E-state index contributed by atoms with van der Waals surface area (Å²) in [5.41, 5.74) is 1.92. The number of hydrogen-bond donors (Lipinski definition) is 0. The first-order chi connectivity index (χ1) is 14.3. The maximum atomic E-state index is 14.4. The summed E-state index contributed by atoms with van der Waals surface area (Å²) >= 11 is 0. The zero-order valence-electron chi connectivity index (χ0n) is 16.6. The predicted molar refractivity (Wildman–Crippen MR) is 121 cm³/mol. The third-order valence-corrected chi connectivity index (χ3v) is 9.27. The van der Waals surface area contributed by atoms with Crippen molar-refractivity contribution in [2.24, 2.45) is 3.77 Å². The molecule has 0 amide bonds. The lowest BCUT2D eigenvalue weighted by Gasteiger charge is -2.14. The highest BCUT2D eigenvalue weighted by Crippen LogP contribution is 2.32. The second-order valence-electron chi connectivity index (χ2n) is 7.18. The van der Waals surface area contributed by atoms with Gasteiger partial charge in [0, 0.05) is 0 Å². The molecule has 0 spiro atoms. The molecule has 6 heteroatoms. The Hall–Kier alpha value is -2.96. The zero-order valence-corrected chi connectivity index (χ0v) is 18.3. The summed E-state index contributed by atoms with van der Waals surface area (Å²) in [5.74, 6) is 0. The molecule has 0 fully saturated rings. The van der Waals surface area contributed by atoms with Crippen molar-refractivity contribution in [2.45, 2.75) is 28.5 Å². The molecule has 0 unspecified atom stereocenters. The number of aryl methyl sites for hydroxylation is 2. The third-order valence-electron chi connectivity index (χ3n) is 4.91. The van der Waals surface area contributed by atoms with Crippen LogP contribution in [0.1, 0.15) is 11.1 Å². The lowest BCUT2D eigenvalue weighted by molar-refractivity contribution is 0.598. The van der Waals surface area contributed by atoms with Gasteiger partial charge in [0.15, 0.2) is 0 Å². The van der Waals surface area contributed by atoms with Crippen LogP contribution in [0.2, 0.25) is 0 Å². The first kappa shape index (κ1) is 20.3. The molecule has 0 heterocycles. The Kier molecular flexibility index (Phi) is 5.22. The summed E-state index contributed by atoms with van der Waals surface area (Å²) in [7, 11) is -7.63. The molecular weight excluding hydrogens is 414 g/mol. The minimum atomic E-state index is -4.16. The summed E-state index contributed by atoms with van der Waals surface area (Å²) in [6.45, 7) is 3.79. The van der Waals surface area contributed by atoms with Gasteiger partial charge in [-0.15, -0.1) is 0 Å². The second kappa shape index (κ2) is 7.70. The second-order valence-corrected chi connectivity index (χ2v) is 11.2. The van der Waals surface area contributed by atoms with E-state index < -0.39 is 19.8 Å². The Morgan fingerprint density at radius 2 is 1.13 bits per heavy atom. The van der Waals surface area contributed by atoms with Crippen molar-refractivity contribution in [2.75, 3.05) is 0 Å². The van der Waals surface area contributed by atoms with Crippen LogP contribution in [0.25, 0.3) is 10.8 Å². The van der Waals surface area contributed by atoms with Gasteiger partial charge in [-0.2, -0.15) is 8.42 Å². The quantitative estimate of drug-likeness (QED) is 0.411. The van der Waals surface area contributed by atoms with Crippen LogP contribution in [-0.2, 0) is 19.8 Å². The van der Waals surface area contributed by atoms with Crippen LogP contribution in [0, 0.1) is 13.8 Å². The van der Waals surface area contributed by atoms with Gasteiger partial charge >= 0.3 is 0 Å². The van der Waals surface area contributed by atoms with Crippen molar-refractivity contribution in [3.8, 4) is 0 Å². The van der Waals surface area contributed by atoms with E-state index in [-0.39, 0.29) is 4.90 Å². The predicted octanol–water partition coefficient (Wildman–Crippen LogP) is 5.73. The van der Waals surface area contributed by atoms with E-state index in [0.717, 1.165) is 16.5 Å². The van der Waals surface area contributed by atoms with E-state index in [0.29, 0.717) is 15.2 Å². The topological polar surface area (TPSA) is 63.6 Å². The van der Waals surface area contributed by atoms with Crippen molar-refractivity contribution in [1.29, 1.82) is 0 Å². The van der Waals surface area contributed by atoms with Crippen LogP contribution >= 0.6 is 0 Å². The minimum absolute atomic E-state index is 0.0215. The summed E-state index contributed by atoms with van der Waals surface area (Å²) in [5, 5.41) is 1.59. The molecule has 0 saturated heterocycles. The van der Waals surface area contributed by atoms with Gasteiger partial charge in [0.2, 0.25) is 0 Å². The van der Waals surface area contributed by atoms with E-state index >= 15 is 0 Å². The van der Waals surface area contributed by atoms with Gasteiger partial charge in [-0.3, -0.25) is 0 Å². The van der Waals surface area contributed by atoms with E-state index in [4.69, 9.17) is 0 Å². The molecule has 0 saturated carbocycles. The van der Waals surface area contributed by atoms with Gasteiger partial charge in [0.1, 0.15) is 9.73 Å². The smallest absolute Gasteiger partial charge is 0.239 e. The molecule has 0 N–H and O–H groups in total. The molecule has 1 atom stereocenters. The fourth-order valence-electron chi connectivity index (χ4n) is 3.26. The van der Waals surface area contributed by atoms with Crippen LogP contribution in [0.5, 0.6) is 0 Å². The zero-order chi connectivity index (χ0) is 21.4. The standard InChI is InChI=1S/C24H21NO3S2/c1-18-10-14-21(15-11-18)29(26,24-9-5-7-20-6-3-4-8-23(20)24)25-30(27,28)22-16-12-19(2)13-17-22/h3-17H,1-2H3/t29-/m1/s1. The Bertz CT molecular complexity index is 1440. The van der Waals surface area contributed by atoms with Crippen molar-refractivity contribution in [3.05, 3.63) is 102 Å². The summed E-state index contributed by atoms with van der Waals surface area (Å²) < 4.78 is 44.8. The number of benzene rings is 4. The summed E-state index contributed by atoms with van der Waals surface area (Å²) in [6.07, 6.45) is 0. The molecule has 0 bridgehead atoms. The number of nitrogens with zero attached hydrogens (tertiary/aromatic N) is 1. The molecule has 4 nitrogen and oxygen atoms in total. The minimum Gasteiger partial charge on any atom is -0.239 e. The third kappa shape index (κ3) is 3.76. The highest BCUT2D eigenvalue weighted by Gasteiger charge is 2.24. The van der Waals surface area contributed by atoms with E-state index in [1.165, 1.54) is 12.1 Å². The molecule has 4 rings (SSSR count). The lowest BCUT2D eigenvalue weighted by atomic mass is 10.1. The van der Waals surface area contributed by atoms with E-state index in [9.17, 15) is 12.6 Å². The Morgan fingerprint density at radius 3 is 1.77 bits per heavy atom. The Balaban J connectivity index is 2.07. The first-order valence-corrected chi connectivity index (χ1v) is 12.4. The normalized spacial score (nSPS) is 13.7. The fraction of sp³-hybridized carbons (Fsp3) is 0.0833. The van der Waals surface area contributed by atoms with Gasteiger partial charge in [-0.1, -0.05) is 75.6 Å². The van der Waals surface area contributed by atoms with Gasteiger partial charge in [-0.05, 0) is 55.0 Å². The molecule has 30 heavy (non-hydrogen) atoms. The molecule has 0 aliphatic heterocycles. The number of hydrogen-bond acceptors (Lipinski definition) is 3. The molecule has 4 aromatic carbocycles. The molecular formula is C24H21NO3S2. The molecule has 0 aliphatic rings. The van der Waals surface area contributed by atoms with Crippen molar-refractivity contribution >= 4 is 30.5 Å². The molecule has 0 radical (unpaired) electrons. The fourth-order valence-corrected chi connectivity index (χ4v) is 7.36. The lowest BCUT2D eigenvalue weighted by Crippen LogP contribution is -2.08. The summed E-state index contributed by atoms with van der Waals surface area (Å²) in [4.78, 5) is 0.772. The van der Waals surface area contributed by atoms with E-state index in [1.807, 2.05) is 56.3 Å². The maximum absolute atomic E-state index is 14.4. The SMILES string of the molecule is Cc1ccc(S(=O)(=O)N=[S@@](=O)(c2ccc(C)cc2)c2cccc3ccccc23)cc1. The van der Waals surface area contributed by atoms with Crippen molar-refractivity contribution in [3.63, 3.8) is 0 Å². The van der Waals surface area contributed by atoms with Gasteiger partial charge in [0.05, 0.1) is 14.7 Å². The van der Waals surface area contributed by atoms with Gasteiger partial charge in [0.25, 0.3) is 10.0 Å². The van der Waals surface area contributed by atoms with Crippen LogP contribution in [0.3, 0.4) is 0 Å². The molecule has 152 valence electrons. The van der Waals surface area contributed by atoms with E-state index in [2.05, 4.69) is 3.77 Å². The van der Waals surface area contributed by atoms with Crippen LogP contribution in [0.15, 0.2) is 109 Å². The van der Waals surface area contributed by atoms with Gasteiger partial charge < -0.3 is 0 Å². The molecule has 4 aromatic rings. The monoisotopic (exact) mass is 435 g/mol. The maximum Gasteiger partial charge on any atom is 0.290 e. The largest absolute Gasteiger partial charge is 0.290 e. The number of rotatable bonds is 4. The molecule has 0 aliphatic carbocycles. The summed E-state index contributed by atoms with van der Waals surface area (Å²) in [6, 6.07) is 26.2. The average Bonchev–Trinajstić information content (AvgIpc) is 2.73. The highest BCUT2D eigenvalue weighted by molar-refractivity contribution is 8.03. The average molecular weight is 436 g/mol. The van der Waals surface area contributed by atoms with Crippen LogP contribution in [0.4, 0.5) is 0 Å². The van der Waals surface area contributed by atoms with Crippen molar-refractivity contribution in [1.82, 2.24) is 0 Å².